The third kappa shape index (κ3) is 3.21. The largest absolute Gasteiger partial charge is 0.242 e. The smallest absolute Gasteiger partial charge is 0.0997 e. The fourth-order valence-electron chi connectivity index (χ4n) is 2.48. The monoisotopic (exact) mass is 265 g/mol. The average Bonchev–Trinajstić information content (AvgIpc) is 2.38. The van der Waals surface area contributed by atoms with Gasteiger partial charge >= 0.3 is 0 Å². The molecule has 1 aliphatic rings. The molecule has 0 N–H and O–H groups in total. The second-order valence-electron chi connectivity index (χ2n) is 6.00. The van der Waals surface area contributed by atoms with Crippen LogP contribution < -0.4 is 0 Å². The van der Waals surface area contributed by atoms with Crippen LogP contribution in [0.1, 0.15) is 45.1 Å². The van der Waals surface area contributed by atoms with Crippen molar-refractivity contribution in [3.8, 4) is 0 Å². The van der Waals surface area contributed by atoms with Crippen LogP contribution in [0.3, 0.4) is 0 Å². The lowest BCUT2D eigenvalue weighted by molar-refractivity contribution is 0.325. The number of rotatable bonds is 2. The zero-order valence-corrected chi connectivity index (χ0v) is 12.4. The highest BCUT2D eigenvalue weighted by atomic mass is 32.2. The third-order valence-corrected chi connectivity index (χ3v) is 5.26. The number of piperidine rings is 1. The van der Waals surface area contributed by atoms with E-state index in [4.69, 9.17) is 0 Å². The van der Waals surface area contributed by atoms with Crippen molar-refractivity contribution < 1.29 is 4.21 Å². The lowest BCUT2D eigenvalue weighted by Gasteiger charge is -2.35. The molecule has 0 saturated carbocycles. The first-order valence-electron chi connectivity index (χ1n) is 6.70. The molecule has 0 aliphatic carbocycles. The summed E-state index contributed by atoms with van der Waals surface area (Å²) in [5.41, 5.74) is 1.38. The molecule has 3 heteroatoms. The molecule has 0 radical (unpaired) electrons. The minimum absolute atomic E-state index is 0.154. The second-order valence-corrected chi connectivity index (χ2v) is 8.24. The maximum Gasteiger partial charge on any atom is 0.0997 e. The first-order valence-corrected chi connectivity index (χ1v) is 7.81. The van der Waals surface area contributed by atoms with Gasteiger partial charge in [-0.25, -0.2) is 8.51 Å². The van der Waals surface area contributed by atoms with Crippen LogP contribution in [0.15, 0.2) is 30.3 Å². The van der Waals surface area contributed by atoms with Crippen LogP contribution in [0.25, 0.3) is 0 Å². The summed E-state index contributed by atoms with van der Waals surface area (Å²) >= 11 is 0. The van der Waals surface area contributed by atoms with Crippen LogP contribution in [-0.4, -0.2) is 26.4 Å². The molecule has 1 fully saturated rings. The summed E-state index contributed by atoms with van der Waals surface area (Å²) in [6.07, 6.45) is 2.35. The summed E-state index contributed by atoms with van der Waals surface area (Å²) in [6, 6.07) is 10.6. The number of hydrogen-bond acceptors (Lipinski definition) is 1. The van der Waals surface area contributed by atoms with Crippen LogP contribution in [0, 0.1) is 0 Å². The van der Waals surface area contributed by atoms with Gasteiger partial charge in [-0.3, -0.25) is 0 Å². The summed E-state index contributed by atoms with van der Waals surface area (Å²) in [6.45, 7) is 8.04. The highest BCUT2D eigenvalue weighted by Crippen LogP contribution is 2.29. The molecule has 0 amide bonds. The molecule has 2 atom stereocenters. The predicted octanol–water partition coefficient (Wildman–Crippen LogP) is 3.33. The van der Waals surface area contributed by atoms with Gasteiger partial charge in [0.1, 0.15) is 0 Å². The second kappa shape index (κ2) is 5.54. The zero-order valence-electron chi connectivity index (χ0n) is 11.6. The van der Waals surface area contributed by atoms with Crippen molar-refractivity contribution in [1.29, 1.82) is 0 Å². The SMILES string of the molecule is CC(C)(C)[S@@](=O)N1CCC[C@@H](c2ccccc2)C1. The van der Waals surface area contributed by atoms with Crippen molar-refractivity contribution in [3.63, 3.8) is 0 Å². The summed E-state index contributed by atoms with van der Waals surface area (Å²) < 4.78 is 14.4. The molecule has 0 spiro atoms. The normalized spacial score (nSPS) is 23.8. The molecule has 0 aromatic heterocycles. The van der Waals surface area contributed by atoms with E-state index >= 15 is 0 Å². The predicted molar refractivity (Wildman–Crippen MR) is 77.9 cm³/mol. The van der Waals surface area contributed by atoms with Crippen LogP contribution in [0.2, 0.25) is 0 Å². The van der Waals surface area contributed by atoms with E-state index in [1.807, 2.05) is 0 Å². The molecule has 0 unspecified atom stereocenters. The summed E-state index contributed by atoms with van der Waals surface area (Å²) in [5, 5.41) is 0. The number of benzene rings is 1. The number of nitrogens with zero attached hydrogens (tertiary/aromatic N) is 1. The van der Waals surface area contributed by atoms with Gasteiger partial charge < -0.3 is 0 Å². The minimum atomic E-state index is -0.885. The molecule has 2 nitrogen and oxygen atoms in total. The lowest BCUT2D eigenvalue weighted by atomic mass is 9.92. The van der Waals surface area contributed by atoms with Crippen LogP contribution >= 0.6 is 0 Å². The summed E-state index contributed by atoms with van der Waals surface area (Å²) in [7, 11) is -0.885. The van der Waals surface area contributed by atoms with E-state index in [2.05, 4.69) is 55.4 Å². The Labute approximate surface area is 113 Å². The molecular formula is C15H23NOS. The molecule has 2 rings (SSSR count). The van der Waals surface area contributed by atoms with Gasteiger partial charge in [-0.05, 0) is 45.1 Å². The Balaban J connectivity index is 2.08. The molecule has 1 heterocycles. The van der Waals surface area contributed by atoms with Crippen molar-refractivity contribution in [2.45, 2.75) is 44.3 Å². The highest BCUT2D eigenvalue weighted by Gasteiger charge is 2.30. The lowest BCUT2D eigenvalue weighted by Crippen LogP contribution is -2.42. The van der Waals surface area contributed by atoms with Crippen molar-refractivity contribution in [2.24, 2.45) is 0 Å². The standard InChI is InChI=1S/C15H23NOS/c1-15(2,3)18(17)16-11-7-10-14(12-16)13-8-5-4-6-9-13/h4-6,8-9,14H,7,10-12H2,1-3H3/t14-,18-/m1/s1. The fraction of sp³-hybridized carbons (Fsp3) is 0.600. The molecule has 1 aliphatic heterocycles. The Morgan fingerprint density at radius 3 is 2.50 bits per heavy atom. The maximum atomic E-state index is 12.4. The van der Waals surface area contributed by atoms with Crippen molar-refractivity contribution in [3.05, 3.63) is 35.9 Å². The Morgan fingerprint density at radius 1 is 1.22 bits per heavy atom. The van der Waals surface area contributed by atoms with Crippen LogP contribution in [0.5, 0.6) is 0 Å². The van der Waals surface area contributed by atoms with Gasteiger partial charge in [-0.1, -0.05) is 30.3 Å². The maximum absolute atomic E-state index is 12.4. The first-order chi connectivity index (χ1) is 8.48. The van der Waals surface area contributed by atoms with Gasteiger partial charge in [0.2, 0.25) is 0 Å². The van der Waals surface area contributed by atoms with Gasteiger partial charge in [-0.2, -0.15) is 0 Å². The zero-order chi connectivity index (χ0) is 13.2. The van der Waals surface area contributed by atoms with E-state index in [0.717, 1.165) is 19.5 Å². The fourth-order valence-corrected chi connectivity index (χ4v) is 3.86. The quantitative estimate of drug-likeness (QED) is 0.803. The van der Waals surface area contributed by atoms with Gasteiger partial charge in [0.05, 0.1) is 15.7 Å². The third-order valence-electron chi connectivity index (χ3n) is 3.41. The van der Waals surface area contributed by atoms with Crippen molar-refractivity contribution in [2.75, 3.05) is 13.1 Å². The molecule has 1 aromatic rings. The van der Waals surface area contributed by atoms with Gasteiger partial charge in [0, 0.05) is 13.1 Å². The molecular weight excluding hydrogens is 242 g/mol. The van der Waals surface area contributed by atoms with Gasteiger partial charge in [0.15, 0.2) is 0 Å². The van der Waals surface area contributed by atoms with E-state index in [-0.39, 0.29) is 4.75 Å². The van der Waals surface area contributed by atoms with Crippen LogP contribution in [0.4, 0.5) is 0 Å². The van der Waals surface area contributed by atoms with Crippen molar-refractivity contribution in [1.82, 2.24) is 4.31 Å². The summed E-state index contributed by atoms with van der Waals surface area (Å²) in [4.78, 5) is 0. The Morgan fingerprint density at radius 2 is 1.89 bits per heavy atom. The molecule has 1 aromatic carbocycles. The molecule has 0 bridgehead atoms. The number of hydrogen-bond donors (Lipinski definition) is 0. The molecule has 1 saturated heterocycles. The topological polar surface area (TPSA) is 20.3 Å². The Hall–Kier alpha value is -0.670. The van der Waals surface area contributed by atoms with Crippen LogP contribution in [-0.2, 0) is 11.0 Å². The van der Waals surface area contributed by atoms with E-state index in [0.29, 0.717) is 5.92 Å². The van der Waals surface area contributed by atoms with E-state index < -0.39 is 11.0 Å². The Bertz CT molecular complexity index is 410. The highest BCUT2D eigenvalue weighted by molar-refractivity contribution is 7.84. The van der Waals surface area contributed by atoms with E-state index in [9.17, 15) is 4.21 Å². The average molecular weight is 265 g/mol. The molecule has 100 valence electrons. The van der Waals surface area contributed by atoms with E-state index in [1.165, 1.54) is 12.0 Å². The Kier molecular flexibility index (Phi) is 4.23. The first kappa shape index (κ1) is 13.8. The van der Waals surface area contributed by atoms with Gasteiger partial charge in [0.25, 0.3) is 0 Å². The molecule has 18 heavy (non-hydrogen) atoms. The van der Waals surface area contributed by atoms with Crippen molar-refractivity contribution >= 4 is 11.0 Å². The van der Waals surface area contributed by atoms with Gasteiger partial charge in [-0.15, -0.1) is 0 Å². The minimum Gasteiger partial charge on any atom is -0.242 e. The van der Waals surface area contributed by atoms with E-state index in [1.54, 1.807) is 0 Å². The summed E-state index contributed by atoms with van der Waals surface area (Å²) in [5.74, 6) is 0.534.